The predicted octanol–water partition coefficient (Wildman–Crippen LogP) is 1.58. The van der Waals surface area contributed by atoms with Crippen LogP contribution in [0.1, 0.15) is 18.9 Å². The Morgan fingerprint density at radius 1 is 1.28 bits per heavy atom. The zero-order valence-electron chi connectivity index (χ0n) is 14.3. The van der Waals surface area contributed by atoms with Crippen LogP contribution in [0.2, 0.25) is 0 Å². The minimum atomic E-state index is -2.95. The van der Waals surface area contributed by atoms with E-state index in [2.05, 4.69) is 39.1 Å². The molecule has 0 N–H and O–H groups in total. The number of hydrogen-bond donors (Lipinski definition) is 0. The fourth-order valence-corrected chi connectivity index (χ4v) is 5.48. The van der Waals surface area contributed by atoms with Crippen molar-refractivity contribution in [2.45, 2.75) is 31.8 Å². The van der Waals surface area contributed by atoms with Gasteiger partial charge in [0.15, 0.2) is 15.7 Å². The predicted molar refractivity (Wildman–Crippen MR) is 97.0 cm³/mol. The average molecular weight is 359 g/mol. The Balaban J connectivity index is 1.64. The third-order valence-electron chi connectivity index (χ3n) is 5.06. The summed E-state index contributed by atoms with van der Waals surface area (Å²) in [7, 11) is -1.11. The molecule has 2 aromatic rings. The van der Waals surface area contributed by atoms with Gasteiger partial charge in [0.1, 0.15) is 0 Å². The van der Waals surface area contributed by atoms with Crippen molar-refractivity contribution in [3.8, 4) is 0 Å². The molecule has 1 saturated heterocycles. The molecule has 0 amide bonds. The molecule has 2 unspecified atom stereocenters. The second-order valence-electron chi connectivity index (χ2n) is 6.83. The van der Waals surface area contributed by atoms with E-state index >= 15 is 0 Å². The molecule has 4 rings (SSSR count). The molecule has 1 fully saturated rings. The molecular weight excluding hydrogens is 338 g/mol. The highest BCUT2D eigenvalue weighted by Gasteiger charge is 2.33. The maximum absolute atomic E-state index is 11.7. The standard InChI is InChI=1S/C17H21N5O2S/c1-12-9-13-5-3-4-6-15(13)22(12)16-10-18-20-17(19-16)21(2)14-7-8-25(23,24)11-14/h3-6,10,12,14H,7-9,11H2,1-2H3. The van der Waals surface area contributed by atoms with Gasteiger partial charge in [-0.3, -0.25) is 0 Å². The van der Waals surface area contributed by atoms with Crippen LogP contribution < -0.4 is 9.80 Å². The third-order valence-corrected chi connectivity index (χ3v) is 6.81. The molecule has 1 aromatic carbocycles. The monoisotopic (exact) mass is 359 g/mol. The summed E-state index contributed by atoms with van der Waals surface area (Å²) in [6.07, 6.45) is 3.24. The normalized spacial score (nSPS) is 24.3. The van der Waals surface area contributed by atoms with Crippen LogP contribution in [0.5, 0.6) is 0 Å². The van der Waals surface area contributed by atoms with Gasteiger partial charge in [-0.15, -0.1) is 5.10 Å². The molecule has 2 atom stereocenters. The fourth-order valence-electron chi connectivity index (χ4n) is 3.71. The highest BCUT2D eigenvalue weighted by molar-refractivity contribution is 7.91. The fraction of sp³-hybridized carbons (Fsp3) is 0.471. The van der Waals surface area contributed by atoms with Crippen LogP contribution in [-0.4, -0.2) is 54.2 Å². The van der Waals surface area contributed by atoms with Gasteiger partial charge in [-0.05, 0) is 31.4 Å². The second-order valence-corrected chi connectivity index (χ2v) is 9.06. The average Bonchev–Trinajstić information content (AvgIpc) is 3.12. The Bertz CT molecular complexity index is 901. The molecule has 0 saturated carbocycles. The number of para-hydroxylation sites is 1. The first-order valence-electron chi connectivity index (χ1n) is 8.45. The van der Waals surface area contributed by atoms with Gasteiger partial charge in [-0.2, -0.15) is 10.1 Å². The molecule has 2 aliphatic heterocycles. The van der Waals surface area contributed by atoms with E-state index in [1.807, 2.05) is 24.1 Å². The van der Waals surface area contributed by atoms with E-state index in [0.29, 0.717) is 18.4 Å². The Labute approximate surface area is 147 Å². The summed E-state index contributed by atoms with van der Waals surface area (Å²) in [6, 6.07) is 8.50. The SMILES string of the molecule is CC1Cc2ccccc2N1c1cnnc(N(C)C2CCS(=O)(=O)C2)n1. The summed E-state index contributed by atoms with van der Waals surface area (Å²) in [5.74, 6) is 1.59. The van der Waals surface area contributed by atoms with Gasteiger partial charge in [-0.25, -0.2) is 8.42 Å². The van der Waals surface area contributed by atoms with Gasteiger partial charge >= 0.3 is 0 Å². The summed E-state index contributed by atoms with van der Waals surface area (Å²) in [5, 5.41) is 8.25. The van der Waals surface area contributed by atoms with Crippen molar-refractivity contribution in [3.05, 3.63) is 36.0 Å². The number of anilines is 3. The topological polar surface area (TPSA) is 79.3 Å². The van der Waals surface area contributed by atoms with Gasteiger partial charge in [0.25, 0.3) is 0 Å². The van der Waals surface area contributed by atoms with Crippen LogP contribution in [0.15, 0.2) is 30.5 Å². The maximum Gasteiger partial charge on any atom is 0.247 e. The molecule has 2 aliphatic rings. The van der Waals surface area contributed by atoms with E-state index in [1.54, 1.807) is 6.20 Å². The van der Waals surface area contributed by atoms with Crippen molar-refractivity contribution in [2.75, 3.05) is 28.4 Å². The lowest BCUT2D eigenvalue weighted by atomic mass is 10.1. The van der Waals surface area contributed by atoms with E-state index < -0.39 is 9.84 Å². The van der Waals surface area contributed by atoms with E-state index in [0.717, 1.165) is 17.9 Å². The van der Waals surface area contributed by atoms with Crippen LogP contribution in [0.3, 0.4) is 0 Å². The highest BCUT2D eigenvalue weighted by atomic mass is 32.2. The minimum Gasteiger partial charge on any atom is -0.338 e. The first kappa shape index (κ1) is 16.3. The number of fused-ring (bicyclic) bond motifs is 1. The highest BCUT2D eigenvalue weighted by Crippen LogP contribution is 2.37. The molecule has 0 aliphatic carbocycles. The third kappa shape index (κ3) is 2.95. The number of rotatable bonds is 3. The first-order chi connectivity index (χ1) is 11.9. The Morgan fingerprint density at radius 3 is 2.84 bits per heavy atom. The van der Waals surface area contributed by atoms with Crippen molar-refractivity contribution < 1.29 is 8.42 Å². The minimum absolute atomic E-state index is 0.0923. The summed E-state index contributed by atoms with van der Waals surface area (Å²) in [6.45, 7) is 2.16. The number of hydrogen-bond acceptors (Lipinski definition) is 7. The molecular formula is C17H21N5O2S. The number of benzene rings is 1. The van der Waals surface area contributed by atoms with Crippen LogP contribution in [0, 0.1) is 0 Å². The maximum atomic E-state index is 11.7. The van der Waals surface area contributed by atoms with Crippen LogP contribution in [0.25, 0.3) is 0 Å². The lowest BCUT2D eigenvalue weighted by Crippen LogP contribution is -2.34. The Kier molecular flexibility index (Phi) is 3.87. The molecule has 1 aromatic heterocycles. The zero-order valence-corrected chi connectivity index (χ0v) is 15.1. The zero-order chi connectivity index (χ0) is 17.6. The van der Waals surface area contributed by atoms with Crippen molar-refractivity contribution in [1.29, 1.82) is 0 Å². The van der Waals surface area contributed by atoms with Gasteiger partial charge in [0.05, 0.1) is 17.7 Å². The van der Waals surface area contributed by atoms with E-state index in [1.165, 1.54) is 5.56 Å². The van der Waals surface area contributed by atoms with Gasteiger partial charge in [-0.1, -0.05) is 18.2 Å². The van der Waals surface area contributed by atoms with Crippen molar-refractivity contribution in [1.82, 2.24) is 15.2 Å². The smallest absolute Gasteiger partial charge is 0.247 e. The quantitative estimate of drug-likeness (QED) is 0.823. The second kappa shape index (κ2) is 5.94. The summed E-state index contributed by atoms with van der Waals surface area (Å²) in [4.78, 5) is 8.69. The van der Waals surface area contributed by atoms with Crippen LogP contribution >= 0.6 is 0 Å². The summed E-state index contributed by atoms with van der Waals surface area (Å²) >= 11 is 0. The molecule has 25 heavy (non-hydrogen) atoms. The van der Waals surface area contributed by atoms with Gasteiger partial charge in [0.2, 0.25) is 5.95 Å². The summed E-state index contributed by atoms with van der Waals surface area (Å²) < 4.78 is 23.5. The van der Waals surface area contributed by atoms with Crippen LogP contribution in [-0.2, 0) is 16.3 Å². The van der Waals surface area contributed by atoms with E-state index in [4.69, 9.17) is 0 Å². The van der Waals surface area contributed by atoms with E-state index in [-0.39, 0.29) is 17.5 Å². The molecule has 7 nitrogen and oxygen atoms in total. The van der Waals surface area contributed by atoms with Crippen LogP contribution in [0.4, 0.5) is 17.5 Å². The molecule has 8 heteroatoms. The number of sulfone groups is 1. The largest absolute Gasteiger partial charge is 0.338 e. The van der Waals surface area contributed by atoms with Gasteiger partial charge < -0.3 is 9.80 Å². The summed E-state index contributed by atoms with van der Waals surface area (Å²) in [5.41, 5.74) is 2.44. The molecule has 3 heterocycles. The Hall–Kier alpha value is -2.22. The van der Waals surface area contributed by atoms with Crippen molar-refractivity contribution in [3.63, 3.8) is 0 Å². The number of aromatic nitrogens is 3. The van der Waals surface area contributed by atoms with Crippen molar-refractivity contribution >= 4 is 27.3 Å². The first-order valence-corrected chi connectivity index (χ1v) is 10.3. The molecule has 0 radical (unpaired) electrons. The lowest BCUT2D eigenvalue weighted by molar-refractivity contribution is 0.600. The molecule has 0 spiro atoms. The Morgan fingerprint density at radius 2 is 2.08 bits per heavy atom. The van der Waals surface area contributed by atoms with Crippen molar-refractivity contribution in [2.24, 2.45) is 0 Å². The molecule has 0 bridgehead atoms. The number of nitrogens with zero attached hydrogens (tertiary/aromatic N) is 5. The molecule has 132 valence electrons. The van der Waals surface area contributed by atoms with Gasteiger partial charge in [0, 0.05) is 24.8 Å². The lowest BCUT2D eigenvalue weighted by Gasteiger charge is -2.26. The van der Waals surface area contributed by atoms with E-state index in [9.17, 15) is 8.42 Å².